The third kappa shape index (κ3) is 13.3. The van der Waals surface area contributed by atoms with Crippen LogP contribution in [0.4, 0.5) is 11.4 Å². The van der Waals surface area contributed by atoms with E-state index in [-0.39, 0.29) is 0 Å². The molecule has 0 bridgehead atoms. The first kappa shape index (κ1) is 27.8. The molecule has 186 valence electrons. The SMILES string of the molecule is CCCCCCc1ccc(N=Nc2ccc(OCCCCCCCCCCC(C)=O)cc2)cc1. The zero-order valence-corrected chi connectivity index (χ0v) is 21.4. The summed E-state index contributed by atoms with van der Waals surface area (Å²) in [6.45, 7) is 4.68. The number of hydrogen-bond donors (Lipinski definition) is 0. The minimum absolute atomic E-state index is 0.313. The highest BCUT2D eigenvalue weighted by atomic mass is 16.5. The van der Waals surface area contributed by atoms with Gasteiger partial charge < -0.3 is 9.53 Å². The summed E-state index contributed by atoms with van der Waals surface area (Å²) in [5.74, 6) is 1.20. The number of rotatable bonds is 19. The van der Waals surface area contributed by atoms with Gasteiger partial charge in [-0.15, -0.1) is 0 Å². The Morgan fingerprint density at radius 1 is 0.676 bits per heavy atom. The number of carbonyl (C=O) groups excluding carboxylic acids is 1. The molecule has 0 fully saturated rings. The lowest BCUT2D eigenvalue weighted by Gasteiger charge is -2.06. The highest BCUT2D eigenvalue weighted by molar-refractivity contribution is 5.75. The third-order valence-corrected chi connectivity index (χ3v) is 6.06. The molecule has 0 atom stereocenters. The van der Waals surface area contributed by atoms with Crippen LogP contribution in [-0.4, -0.2) is 12.4 Å². The molecule has 0 aliphatic carbocycles. The second kappa shape index (κ2) is 17.9. The fourth-order valence-electron chi connectivity index (χ4n) is 3.94. The van der Waals surface area contributed by atoms with Crippen LogP contribution in [0.1, 0.15) is 103 Å². The van der Waals surface area contributed by atoms with Gasteiger partial charge in [-0.2, -0.15) is 10.2 Å². The van der Waals surface area contributed by atoms with Crippen LogP contribution in [0.2, 0.25) is 0 Å². The third-order valence-electron chi connectivity index (χ3n) is 6.06. The standard InChI is InChI=1S/C30H44N2O2/c1-3-4-5-13-16-27-17-19-28(20-18-27)31-32-29-21-23-30(24-22-29)34-25-14-11-9-7-6-8-10-12-15-26(2)33/h17-24H,3-16,25H2,1-2H3. The summed E-state index contributed by atoms with van der Waals surface area (Å²) in [6.07, 6.45) is 16.6. The molecule has 2 aromatic rings. The molecule has 0 saturated carbocycles. The Labute approximate surface area is 207 Å². The van der Waals surface area contributed by atoms with E-state index in [9.17, 15) is 4.79 Å². The number of hydrogen-bond acceptors (Lipinski definition) is 4. The van der Waals surface area contributed by atoms with Crippen molar-refractivity contribution in [2.75, 3.05) is 6.61 Å². The summed E-state index contributed by atoms with van der Waals surface area (Å²) in [5.41, 5.74) is 3.09. The molecule has 0 radical (unpaired) electrons. The Hall–Kier alpha value is -2.49. The van der Waals surface area contributed by atoms with Crippen molar-refractivity contribution in [3.8, 4) is 5.75 Å². The van der Waals surface area contributed by atoms with E-state index < -0.39 is 0 Å². The van der Waals surface area contributed by atoms with Gasteiger partial charge in [0.2, 0.25) is 0 Å². The lowest BCUT2D eigenvalue weighted by molar-refractivity contribution is -0.117. The van der Waals surface area contributed by atoms with Gasteiger partial charge in [-0.05, 0) is 74.6 Å². The van der Waals surface area contributed by atoms with Crippen molar-refractivity contribution in [3.05, 3.63) is 54.1 Å². The van der Waals surface area contributed by atoms with Crippen molar-refractivity contribution in [3.63, 3.8) is 0 Å². The molecule has 2 aromatic carbocycles. The van der Waals surface area contributed by atoms with E-state index in [0.29, 0.717) is 5.78 Å². The van der Waals surface area contributed by atoms with Crippen LogP contribution in [0.15, 0.2) is 58.8 Å². The maximum Gasteiger partial charge on any atom is 0.129 e. The van der Waals surface area contributed by atoms with E-state index in [2.05, 4.69) is 29.3 Å². The van der Waals surface area contributed by atoms with Crippen LogP contribution in [0.3, 0.4) is 0 Å². The summed E-state index contributed by atoms with van der Waals surface area (Å²) in [4.78, 5) is 10.9. The predicted octanol–water partition coefficient (Wildman–Crippen LogP) is 9.70. The Morgan fingerprint density at radius 3 is 1.79 bits per heavy atom. The molecule has 0 unspecified atom stereocenters. The largest absolute Gasteiger partial charge is 0.494 e. The number of azo groups is 1. The van der Waals surface area contributed by atoms with E-state index in [1.54, 1.807) is 6.92 Å². The Balaban J connectivity index is 1.56. The van der Waals surface area contributed by atoms with Crippen LogP contribution in [0.5, 0.6) is 5.75 Å². The molecule has 4 nitrogen and oxygen atoms in total. The first-order valence-corrected chi connectivity index (χ1v) is 13.4. The second-order valence-electron chi connectivity index (χ2n) is 9.30. The lowest BCUT2D eigenvalue weighted by Crippen LogP contribution is -1.97. The minimum Gasteiger partial charge on any atom is -0.494 e. The van der Waals surface area contributed by atoms with Gasteiger partial charge in [-0.3, -0.25) is 0 Å². The maximum absolute atomic E-state index is 10.9. The molecule has 0 aliphatic heterocycles. The number of ketones is 1. The molecule has 2 rings (SSSR count). The van der Waals surface area contributed by atoms with Crippen LogP contribution in [0, 0.1) is 0 Å². The number of carbonyl (C=O) groups is 1. The highest BCUT2D eigenvalue weighted by Crippen LogP contribution is 2.22. The van der Waals surface area contributed by atoms with Gasteiger partial charge in [0, 0.05) is 6.42 Å². The van der Waals surface area contributed by atoms with Gasteiger partial charge in [0.25, 0.3) is 0 Å². The summed E-state index contributed by atoms with van der Waals surface area (Å²) in [6, 6.07) is 16.3. The fraction of sp³-hybridized carbons (Fsp3) is 0.567. The smallest absolute Gasteiger partial charge is 0.129 e. The maximum atomic E-state index is 10.9. The van der Waals surface area contributed by atoms with Crippen LogP contribution < -0.4 is 4.74 Å². The van der Waals surface area contributed by atoms with E-state index in [4.69, 9.17) is 4.74 Å². The quantitative estimate of drug-likeness (QED) is 0.153. The molecule has 0 aliphatic rings. The zero-order valence-electron chi connectivity index (χ0n) is 21.4. The predicted molar refractivity (Wildman–Crippen MR) is 143 cm³/mol. The van der Waals surface area contributed by atoms with E-state index in [1.165, 1.54) is 69.8 Å². The summed E-state index contributed by atoms with van der Waals surface area (Å²) in [7, 11) is 0. The second-order valence-corrected chi connectivity index (χ2v) is 9.30. The van der Waals surface area contributed by atoms with Crippen molar-refractivity contribution in [2.45, 2.75) is 104 Å². The lowest BCUT2D eigenvalue weighted by atomic mass is 10.1. The van der Waals surface area contributed by atoms with Crippen LogP contribution in [-0.2, 0) is 11.2 Å². The van der Waals surface area contributed by atoms with E-state index >= 15 is 0 Å². The number of unbranched alkanes of at least 4 members (excludes halogenated alkanes) is 10. The Kier molecular flexibility index (Phi) is 14.6. The molecular formula is C30H44N2O2. The van der Waals surface area contributed by atoms with Gasteiger partial charge in [0.15, 0.2) is 0 Å². The minimum atomic E-state index is 0.313. The first-order chi connectivity index (χ1) is 16.7. The zero-order chi connectivity index (χ0) is 24.3. The summed E-state index contributed by atoms with van der Waals surface area (Å²) in [5, 5.41) is 8.71. The van der Waals surface area contributed by atoms with Gasteiger partial charge >= 0.3 is 0 Å². The van der Waals surface area contributed by atoms with E-state index in [0.717, 1.165) is 49.4 Å². The van der Waals surface area contributed by atoms with Crippen LogP contribution in [0.25, 0.3) is 0 Å². The van der Waals surface area contributed by atoms with Gasteiger partial charge in [-0.1, -0.05) is 76.8 Å². The van der Waals surface area contributed by atoms with Crippen molar-refractivity contribution in [1.82, 2.24) is 0 Å². The van der Waals surface area contributed by atoms with Gasteiger partial charge in [-0.25, -0.2) is 0 Å². The normalized spacial score (nSPS) is 11.2. The average molecular weight is 465 g/mol. The molecule has 0 heterocycles. The number of aryl methyl sites for hydroxylation is 1. The first-order valence-electron chi connectivity index (χ1n) is 13.4. The molecule has 0 saturated heterocycles. The number of Topliss-reactive ketones (excluding diaryl/α,β-unsaturated/α-hetero) is 1. The average Bonchev–Trinajstić information content (AvgIpc) is 2.85. The topological polar surface area (TPSA) is 51.0 Å². The monoisotopic (exact) mass is 464 g/mol. The Bertz CT molecular complexity index is 813. The highest BCUT2D eigenvalue weighted by Gasteiger charge is 1.98. The number of benzene rings is 2. The van der Waals surface area contributed by atoms with Gasteiger partial charge in [0.1, 0.15) is 11.5 Å². The fourth-order valence-corrected chi connectivity index (χ4v) is 3.94. The molecule has 0 amide bonds. The number of ether oxygens (including phenoxy) is 1. The van der Waals surface area contributed by atoms with Crippen molar-refractivity contribution in [2.24, 2.45) is 10.2 Å². The molecule has 0 aromatic heterocycles. The van der Waals surface area contributed by atoms with Gasteiger partial charge in [0.05, 0.1) is 18.0 Å². The molecule has 0 spiro atoms. The summed E-state index contributed by atoms with van der Waals surface area (Å²) < 4.78 is 5.86. The van der Waals surface area contributed by atoms with Crippen molar-refractivity contribution >= 4 is 17.2 Å². The molecular weight excluding hydrogens is 420 g/mol. The van der Waals surface area contributed by atoms with Crippen molar-refractivity contribution in [1.29, 1.82) is 0 Å². The molecule has 0 N–H and O–H groups in total. The van der Waals surface area contributed by atoms with Crippen molar-refractivity contribution < 1.29 is 9.53 Å². The summed E-state index contributed by atoms with van der Waals surface area (Å²) >= 11 is 0. The Morgan fingerprint density at radius 2 is 1.21 bits per heavy atom. The van der Waals surface area contributed by atoms with E-state index in [1.807, 2.05) is 36.4 Å². The van der Waals surface area contributed by atoms with Crippen LogP contribution >= 0.6 is 0 Å². The number of nitrogens with zero attached hydrogens (tertiary/aromatic N) is 2. The molecule has 34 heavy (non-hydrogen) atoms. The molecule has 4 heteroatoms.